The van der Waals surface area contributed by atoms with E-state index in [1.807, 2.05) is 46.4 Å². The van der Waals surface area contributed by atoms with E-state index in [1.54, 1.807) is 11.3 Å². The highest BCUT2D eigenvalue weighted by atomic mass is 32.1. The number of rotatable bonds is 2. The van der Waals surface area contributed by atoms with E-state index in [4.69, 9.17) is 0 Å². The Morgan fingerprint density at radius 2 is 1.81 bits per heavy atom. The van der Waals surface area contributed by atoms with Gasteiger partial charge in [0.1, 0.15) is 0 Å². The molecule has 2 heterocycles. The Morgan fingerprint density at radius 3 is 2.52 bits per heavy atom. The Kier molecular flexibility index (Phi) is 3.92. The molecule has 1 aliphatic heterocycles. The van der Waals surface area contributed by atoms with E-state index in [1.165, 1.54) is 4.70 Å². The summed E-state index contributed by atoms with van der Waals surface area (Å²) in [7, 11) is 0. The first-order valence-corrected chi connectivity index (χ1v) is 8.11. The van der Waals surface area contributed by atoms with Crippen LogP contribution < -0.4 is 0 Å². The van der Waals surface area contributed by atoms with Gasteiger partial charge in [-0.15, -0.1) is 11.3 Å². The Labute approximate surface area is 128 Å². The first-order chi connectivity index (χ1) is 10.2. The fourth-order valence-electron chi connectivity index (χ4n) is 2.66. The van der Waals surface area contributed by atoms with Gasteiger partial charge in [-0.05, 0) is 35.0 Å². The average Bonchev–Trinajstić information content (AvgIpc) is 3.01. The fraction of sp³-hybridized carbons (Fsp3) is 0.375. The van der Waals surface area contributed by atoms with Crippen molar-refractivity contribution in [3.8, 4) is 0 Å². The lowest BCUT2D eigenvalue weighted by Gasteiger charge is -2.34. The molecule has 0 N–H and O–H groups in total. The summed E-state index contributed by atoms with van der Waals surface area (Å²) < 4.78 is 1.20. The van der Waals surface area contributed by atoms with Crippen molar-refractivity contribution in [1.29, 1.82) is 0 Å². The van der Waals surface area contributed by atoms with Crippen molar-refractivity contribution < 1.29 is 9.59 Å². The molecule has 21 heavy (non-hydrogen) atoms. The normalized spacial score (nSPS) is 15.5. The lowest BCUT2D eigenvalue weighted by Crippen LogP contribution is -2.50. The number of nitrogens with zero attached hydrogens (tertiary/aromatic N) is 2. The third-order valence-electron chi connectivity index (χ3n) is 3.92. The minimum atomic E-state index is 0.0618. The number of thiophene rings is 1. The van der Waals surface area contributed by atoms with Gasteiger partial charge < -0.3 is 9.80 Å². The lowest BCUT2D eigenvalue weighted by atomic mass is 10.1. The molecular weight excluding hydrogens is 284 g/mol. The second-order valence-electron chi connectivity index (χ2n) is 5.20. The van der Waals surface area contributed by atoms with Crippen LogP contribution in [0, 0.1) is 0 Å². The van der Waals surface area contributed by atoms with Gasteiger partial charge in [-0.3, -0.25) is 9.59 Å². The second-order valence-corrected chi connectivity index (χ2v) is 6.15. The number of piperazine rings is 1. The van der Waals surface area contributed by atoms with E-state index >= 15 is 0 Å². The smallest absolute Gasteiger partial charge is 0.253 e. The number of benzene rings is 1. The van der Waals surface area contributed by atoms with Gasteiger partial charge in [0, 0.05) is 42.9 Å². The number of amides is 2. The van der Waals surface area contributed by atoms with E-state index < -0.39 is 0 Å². The fourth-order valence-corrected chi connectivity index (χ4v) is 3.44. The summed E-state index contributed by atoms with van der Waals surface area (Å²) in [4.78, 5) is 27.9. The molecule has 3 rings (SSSR count). The summed E-state index contributed by atoms with van der Waals surface area (Å²) in [6.07, 6.45) is 0.531. The number of hydrogen-bond acceptors (Lipinski definition) is 3. The minimum Gasteiger partial charge on any atom is -0.339 e. The molecule has 0 aliphatic carbocycles. The van der Waals surface area contributed by atoms with E-state index in [-0.39, 0.29) is 11.8 Å². The third-order valence-corrected chi connectivity index (χ3v) is 4.82. The molecule has 2 amide bonds. The molecule has 1 aromatic carbocycles. The zero-order chi connectivity index (χ0) is 14.8. The molecule has 5 heteroatoms. The Hall–Kier alpha value is -1.88. The van der Waals surface area contributed by atoms with Crippen LogP contribution in [-0.2, 0) is 4.79 Å². The van der Waals surface area contributed by atoms with Crippen LogP contribution in [0.5, 0.6) is 0 Å². The topological polar surface area (TPSA) is 40.6 Å². The summed E-state index contributed by atoms with van der Waals surface area (Å²) in [5.41, 5.74) is 0.733. The summed E-state index contributed by atoms with van der Waals surface area (Å²) >= 11 is 1.68. The minimum absolute atomic E-state index is 0.0618. The second kappa shape index (κ2) is 5.85. The standard InChI is InChI=1S/C16H18N2O2S/c1-2-15(19)17-6-8-18(9-7-17)16(20)13-3-4-14-12(11-13)5-10-21-14/h3-5,10-11H,2,6-9H2,1H3. The van der Waals surface area contributed by atoms with E-state index in [9.17, 15) is 9.59 Å². The van der Waals surface area contributed by atoms with Gasteiger partial charge in [-0.2, -0.15) is 0 Å². The number of hydrogen-bond donors (Lipinski definition) is 0. The van der Waals surface area contributed by atoms with Gasteiger partial charge in [0.15, 0.2) is 0 Å². The van der Waals surface area contributed by atoms with Crippen LogP contribution in [0.25, 0.3) is 10.1 Å². The monoisotopic (exact) mass is 302 g/mol. The van der Waals surface area contributed by atoms with Crippen LogP contribution in [0.3, 0.4) is 0 Å². The van der Waals surface area contributed by atoms with E-state index in [2.05, 4.69) is 0 Å². The van der Waals surface area contributed by atoms with Gasteiger partial charge in [-0.1, -0.05) is 6.92 Å². The molecule has 1 aromatic heterocycles. The molecule has 0 bridgehead atoms. The molecule has 2 aromatic rings. The first kappa shape index (κ1) is 14.1. The maximum Gasteiger partial charge on any atom is 0.253 e. The molecule has 1 saturated heterocycles. The van der Waals surface area contributed by atoms with Gasteiger partial charge in [0.2, 0.25) is 5.91 Å². The molecule has 0 saturated carbocycles. The number of carbonyl (C=O) groups excluding carboxylic acids is 2. The average molecular weight is 302 g/mol. The summed E-state index contributed by atoms with van der Waals surface area (Å²) in [5, 5.41) is 3.15. The molecule has 0 unspecified atom stereocenters. The largest absolute Gasteiger partial charge is 0.339 e. The van der Waals surface area contributed by atoms with Gasteiger partial charge in [-0.25, -0.2) is 0 Å². The van der Waals surface area contributed by atoms with Crippen LogP contribution in [0.1, 0.15) is 23.7 Å². The third kappa shape index (κ3) is 2.78. The highest BCUT2D eigenvalue weighted by molar-refractivity contribution is 7.17. The van der Waals surface area contributed by atoms with Crippen LogP contribution in [0.2, 0.25) is 0 Å². The van der Waals surface area contributed by atoms with Crippen LogP contribution in [0.4, 0.5) is 0 Å². The summed E-state index contributed by atoms with van der Waals surface area (Å²) in [6.45, 7) is 4.38. The Balaban J connectivity index is 1.70. The van der Waals surface area contributed by atoms with Crippen molar-refractivity contribution in [2.24, 2.45) is 0 Å². The van der Waals surface area contributed by atoms with Crippen LogP contribution in [0.15, 0.2) is 29.6 Å². The maximum atomic E-state index is 12.5. The van der Waals surface area contributed by atoms with Crippen molar-refractivity contribution in [2.45, 2.75) is 13.3 Å². The predicted molar refractivity (Wildman–Crippen MR) is 84.6 cm³/mol. The number of fused-ring (bicyclic) bond motifs is 1. The summed E-state index contributed by atoms with van der Waals surface area (Å²) in [6, 6.07) is 7.89. The van der Waals surface area contributed by atoms with Gasteiger partial charge >= 0.3 is 0 Å². The first-order valence-electron chi connectivity index (χ1n) is 7.23. The van der Waals surface area contributed by atoms with E-state index in [0.717, 1.165) is 10.9 Å². The highest BCUT2D eigenvalue weighted by Crippen LogP contribution is 2.22. The predicted octanol–water partition coefficient (Wildman–Crippen LogP) is 2.60. The number of carbonyl (C=O) groups is 2. The molecule has 1 aliphatic rings. The van der Waals surface area contributed by atoms with Crippen LogP contribution in [-0.4, -0.2) is 47.8 Å². The zero-order valence-electron chi connectivity index (χ0n) is 12.0. The quantitative estimate of drug-likeness (QED) is 0.855. The summed E-state index contributed by atoms with van der Waals surface area (Å²) in [5.74, 6) is 0.230. The Bertz CT molecular complexity index is 672. The van der Waals surface area contributed by atoms with Crippen LogP contribution >= 0.6 is 11.3 Å². The molecule has 0 atom stereocenters. The Morgan fingerprint density at radius 1 is 1.10 bits per heavy atom. The van der Waals surface area contributed by atoms with Crippen molar-refractivity contribution in [3.63, 3.8) is 0 Å². The SMILES string of the molecule is CCC(=O)N1CCN(C(=O)c2ccc3sccc3c2)CC1. The molecule has 0 radical (unpaired) electrons. The molecule has 0 spiro atoms. The van der Waals surface area contributed by atoms with Crippen molar-refractivity contribution >= 4 is 33.2 Å². The van der Waals surface area contributed by atoms with Crippen molar-refractivity contribution in [2.75, 3.05) is 26.2 Å². The van der Waals surface area contributed by atoms with Crippen molar-refractivity contribution in [1.82, 2.24) is 9.80 Å². The maximum absolute atomic E-state index is 12.5. The molecule has 4 nitrogen and oxygen atoms in total. The van der Waals surface area contributed by atoms with E-state index in [0.29, 0.717) is 32.6 Å². The van der Waals surface area contributed by atoms with Crippen molar-refractivity contribution in [3.05, 3.63) is 35.2 Å². The van der Waals surface area contributed by atoms with Gasteiger partial charge in [0.05, 0.1) is 0 Å². The highest BCUT2D eigenvalue weighted by Gasteiger charge is 2.24. The molecular formula is C16H18N2O2S. The lowest BCUT2D eigenvalue weighted by molar-refractivity contribution is -0.132. The molecule has 1 fully saturated rings. The zero-order valence-corrected chi connectivity index (χ0v) is 12.9. The van der Waals surface area contributed by atoms with Gasteiger partial charge in [0.25, 0.3) is 5.91 Å². The molecule has 110 valence electrons.